The van der Waals surface area contributed by atoms with E-state index in [9.17, 15) is 17.6 Å². The Morgan fingerprint density at radius 3 is 2.58 bits per heavy atom. The van der Waals surface area contributed by atoms with Crippen LogP contribution >= 0.6 is 0 Å². The average Bonchev–Trinajstić information content (AvgIpc) is 2.88. The number of benzene rings is 3. The van der Waals surface area contributed by atoms with Gasteiger partial charge in [-0.1, -0.05) is 18.2 Å². The second kappa shape index (κ2) is 5.81. The number of halogens is 1. The van der Waals surface area contributed by atoms with Crippen LogP contribution in [0.2, 0.25) is 0 Å². The summed E-state index contributed by atoms with van der Waals surface area (Å²) in [4.78, 5) is 14.2. The minimum absolute atomic E-state index is 0.0492. The van der Waals surface area contributed by atoms with Gasteiger partial charge in [0.2, 0.25) is 0 Å². The maximum absolute atomic E-state index is 13.4. The molecule has 1 aliphatic heterocycles. The largest absolute Gasteiger partial charge is 0.308 e. The van der Waals surface area contributed by atoms with Gasteiger partial charge in [-0.25, -0.2) is 12.8 Å². The molecule has 3 aromatic carbocycles. The van der Waals surface area contributed by atoms with E-state index in [1.54, 1.807) is 29.2 Å². The van der Waals surface area contributed by atoms with Crippen LogP contribution in [0.1, 0.15) is 17.3 Å². The first kappa shape index (κ1) is 16.5. The van der Waals surface area contributed by atoms with Crippen molar-refractivity contribution in [2.45, 2.75) is 11.8 Å². The normalized spacial score (nSPS) is 13.5. The molecule has 4 rings (SSSR count). The van der Waals surface area contributed by atoms with Crippen molar-refractivity contribution in [1.29, 1.82) is 0 Å². The van der Waals surface area contributed by atoms with Gasteiger partial charge >= 0.3 is 0 Å². The summed E-state index contributed by atoms with van der Waals surface area (Å²) in [5.74, 6) is -0.671. The minimum Gasteiger partial charge on any atom is -0.308 e. The lowest BCUT2D eigenvalue weighted by molar-refractivity contribution is 0.0994. The standard InChI is InChI=1S/C19H15FN2O3S/c1-2-22-16-9-10-17(14-7-4-8-15(18(14)16)19(22)23)26(24,25)21-13-6-3-5-12(20)11-13/h3-11,21H,2H2,1H3. The zero-order valence-corrected chi connectivity index (χ0v) is 14.7. The highest BCUT2D eigenvalue weighted by atomic mass is 32.2. The molecule has 5 nitrogen and oxygen atoms in total. The van der Waals surface area contributed by atoms with Crippen molar-refractivity contribution >= 4 is 38.1 Å². The second-order valence-corrected chi connectivity index (χ2v) is 7.63. The fraction of sp³-hybridized carbons (Fsp3) is 0.105. The molecule has 1 aliphatic rings. The van der Waals surface area contributed by atoms with Crippen LogP contribution in [0.3, 0.4) is 0 Å². The zero-order chi connectivity index (χ0) is 18.5. The summed E-state index contributed by atoms with van der Waals surface area (Å²) < 4.78 is 41.5. The fourth-order valence-corrected chi connectivity index (χ4v) is 4.58. The summed E-state index contributed by atoms with van der Waals surface area (Å²) >= 11 is 0. The van der Waals surface area contributed by atoms with Gasteiger partial charge in [0, 0.05) is 22.9 Å². The van der Waals surface area contributed by atoms with E-state index in [-0.39, 0.29) is 16.5 Å². The van der Waals surface area contributed by atoms with Gasteiger partial charge in [0.05, 0.1) is 16.3 Å². The van der Waals surface area contributed by atoms with E-state index in [1.165, 1.54) is 24.3 Å². The van der Waals surface area contributed by atoms with Crippen LogP contribution in [0.15, 0.2) is 59.5 Å². The predicted octanol–water partition coefficient (Wildman–Crippen LogP) is 3.76. The molecule has 0 saturated carbocycles. The van der Waals surface area contributed by atoms with E-state index in [1.807, 2.05) is 6.92 Å². The van der Waals surface area contributed by atoms with Gasteiger partial charge in [-0.3, -0.25) is 9.52 Å². The first-order chi connectivity index (χ1) is 12.4. The van der Waals surface area contributed by atoms with Crippen LogP contribution in [0, 0.1) is 5.82 Å². The third kappa shape index (κ3) is 2.43. The van der Waals surface area contributed by atoms with E-state index in [4.69, 9.17) is 0 Å². The van der Waals surface area contributed by atoms with E-state index in [0.717, 1.165) is 6.07 Å². The number of amides is 1. The molecule has 7 heteroatoms. The molecule has 132 valence electrons. The topological polar surface area (TPSA) is 66.5 Å². The Bertz CT molecular complexity index is 1160. The number of anilines is 2. The highest BCUT2D eigenvalue weighted by molar-refractivity contribution is 7.93. The number of rotatable bonds is 4. The molecular weight excluding hydrogens is 355 g/mol. The zero-order valence-electron chi connectivity index (χ0n) is 13.9. The van der Waals surface area contributed by atoms with Crippen molar-refractivity contribution in [1.82, 2.24) is 0 Å². The van der Waals surface area contributed by atoms with Crippen molar-refractivity contribution in [3.63, 3.8) is 0 Å². The molecule has 0 unspecified atom stereocenters. The lowest BCUT2D eigenvalue weighted by Crippen LogP contribution is -2.25. The first-order valence-electron chi connectivity index (χ1n) is 8.08. The fourth-order valence-electron chi connectivity index (χ4n) is 3.33. The number of nitrogens with zero attached hydrogens (tertiary/aromatic N) is 1. The molecule has 0 radical (unpaired) electrons. The molecule has 0 fully saturated rings. The summed E-state index contributed by atoms with van der Waals surface area (Å²) in [6.45, 7) is 2.36. The van der Waals surface area contributed by atoms with Crippen molar-refractivity contribution in [3.05, 3.63) is 66.0 Å². The van der Waals surface area contributed by atoms with E-state index >= 15 is 0 Å². The monoisotopic (exact) mass is 370 g/mol. The SMILES string of the molecule is CCN1C(=O)c2cccc3c(S(=O)(=O)Nc4cccc(F)c4)ccc1c23. The van der Waals surface area contributed by atoms with Gasteiger partial charge < -0.3 is 4.90 Å². The molecule has 0 spiro atoms. The Kier molecular flexibility index (Phi) is 3.69. The van der Waals surface area contributed by atoms with Gasteiger partial charge in [-0.05, 0) is 43.3 Å². The maximum Gasteiger partial charge on any atom is 0.262 e. The molecular formula is C19H15FN2O3S. The highest BCUT2D eigenvalue weighted by Gasteiger charge is 2.31. The Hall–Kier alpha value is -2.93. The molecule has 0 bridgehead atoms. The molecule has 0 aromatic heterocycles. The molecule has 1 N–H and O–H groups in total. The van der Waals surface area contributed by atoms with Gasteiger partial charge in [-0.2, -0.15) is 0 Å². The van der Waals surface area contributed by atoms with Crippen molar-refractivity contribution in [3.8, 4) is 0 Å². The van der Waals surface area contributed by atoms with Crippen molar-refractivity contribution < 1.29 is 17.6 Å². The summed E-state index contributed by atoms with van der Waals surface area (Å²) in [5, 5.41) is 1.09. The smallest absolute Gasteiger partial charge is 0.262 e. The Morgan fingerprint density at radius 2 is 1.85 bits per heavy atom. The van der Waals surface area contributed by atoms with Crippen LogP contribution in [0.4, 0.5) is 15.8 Å². The number of sulfonamides is 1. The molecule has 0 aliphatic carbocycles. The number of carbonyl (C=O) groups is 1. The summed E-state index contributed by atoms with van der Waals surface area (Å²) in [6, 6.07) is 13.4. The van der Waals surface area contributed by atoms with Crippen LogP contribution in [0.25, 0.3) is 10.8 Å². The van der Waals surface area contributed by atoms with Crippen LogP contribution < -0.4 is 9.62 Å². The predicted molar refractivity (Wildman–Crippen MR) is 98.5 cm³/mol. The van der Waals surface area contributed by atoms with E-state index in [0.29, 0.717) is 28.6 Å². The molecule has 0 saturated heterocycles. The summed E-state index contributed by atoms with van der Waals surface area (Å²) in [5.41, 5.74) is 1.33. The summed E-state index contributed by atoms with van der Waals surface area (Å²) in [6.07, 6.45) is 0. The lowest BCUT2D eigenvalue weighted by atomic mass is 10.1. The van der Waals surface area contributed by atoms with E-state index < -0.39 is 15.8 Å². The maximum atomic E-state index is 13.4. The summed E-state index contributed by atoms with van der Waals surface area (Å²) in [7, 11) is -3.95. The molecule has 1 heterocycles. The van der Waals surface area contributed by atoms with Gasteiger partial charge in [0.15, 0.2) is 0 Å². The number of nitrogens with one attached hydrogen (secondary N) is 1. The van der Waals surface area contributed by atoms with Crippen LogP contribution in [0.5, 0.6) is 0 Å². The highest BCUT2D eigenvalue weighted by Crippen LogP contribution is 2.40. The third-order valence-corrected chi connectivity index (χ3v) is 5.87. The molecule has 26 heavy (non-hydrogen) atoms. The van der Waals surface area contributed by atoms with Crippen LogP contribution in [-0.4, -0.2) is 20.9 Å². The number of carbonyl (C=O) groups excluding carboxylic acids is 1. The van der Waals surface area contributed by atoms with Crippen molar-refractivity contribution in [2.75, 3.05) is 16.2 Å². The minimum atomic E-state index is -3.95. The first-order valence-corrected chi connectivity index (χ1v) is 9.56. The quantitative estimate of drug-likeness (QED) is 0.760. The molecule has 1 amide bonds. The Balaban J connectivity index is 1.89. The number of hydrogen-bond acceptors (Lipinski definition) is 3. The van der Waals surface area contributed by atoms with Crippen LogP contribution in [-0.2, 0) is 10.0 Å². The number of hydrogen-bond donors (Lipinski definition) is 1. The van der Waals surface area contributed by atoms with Gasteiger partial charge in [0.1, 0.15) is 5.82 Å². The third-order valence-electron chi connectivity index (χ3n) is 4.43. The Labute approximate surface area is 150 Å². The Morgan fingerprint density at radius 1 is 1.08 bits per heavy atom. The lowest BCUT2D eigenvalue weighted by Gasteiger charge is -2.16. The van der Waals surface area contributed by atoms with Gasteiger partial charge in [-0.15, -0.1) is 0 Å². The van der Waals surface area contributed by atoms with E-state index in [2.05, 4.69) is 4.72 Å². The average molecular weight is 370 g/mol. The van der Waals surface area contributed by atoms with Crippen molar-refractivity contribution in [2.24, 2.45) is 0 Å². The second-order valence-electron chi connectivity index (χ2n) is 5.98. The molecule has 0 atom stereocenters. The molecule has 3 aromatic rings. The van der Waals surface area contributed by atoms with Gasteiger partial charge in [0.25, 0.3) is 15.9 Å².